The van der Waals surface area contributed by atoms with Crippen LogP contribution in [0, 0.1) is 0 Å². The Morgan fingerprint density at radius 2 is 2.00 bits per heavy atom. The predicted octanol–water partition coefficient (Wildman–Crippen LogP) is 3.15. The molecule has 2 N–H and O–H groups in total. The van der Waals surface area contributed by atoms with Gasteiger partial charge in [-0.15, -0.1) is 0 Å². The van der Waals surface area contributed by atoms with E-state index < -0.39 is 11.7 Å². The zero-order chi connectivity index (χ0) is 15.5. The fourth-order valence-corrected chi connectivity index (χ4v) is 2.37. The fraction of sp³-hybridized carbons (Fsp3) is 0.600. The topological polar surface area (TPSA) is 44.5 Å². The average molecular weight is 303 g/mol. The van der Waals surface area contributed by atoms with Crippen molar-refractivity contribution in [3.63, 3.8) is 0 Å². The van der Waals surface area contributed by atoms with Crippen LogP contribution in [0.4, 0.5) is 13.2 Å². The van der Waals surface area contributed by atoms with Gasteiger partial charge in [0, 0.05) is 18.9 Å². The maximum atomic E-state index is 13.2. The van der Waals surface area contributed by atoms with Gasteiger partial charge in [-0.2, -0.15) is 13.2 Å². The zero-order valence-corrected chi connectivity index (χ0v) is 12.0. The first-order chi connectivity index (χ1) is 9.86. The van der Waals surface area contributed by atoms with Gasteiger partial charge < -0.3 is 15.2 Å². The number of ether oxygens (including phenoxy) is 2. The summed E-state index contributed by atoms with van der Waals surface area (Å²) in [5, 5.41) is 0. The van der Waals surface area contributed by atoms with Crippen LogP contribution in [0.25, 0.3) is 0 Å². The van der Waals surface area contributed by atoms with Gasteiger partial charge in [-0.1, -0.05) is 6.07 Å². The van der Waals surface area contributed by atoms with Gasteiger partial charge >= 0.3 is 6.18 Å². The molecule has 1 saturated heterocycles. The van der Waals surface area contributed by atoms with Crippen molar-refractivity contribution in [2.24, 2.45) is 5.73 Å². The standard InChI is InChI=1S/C15H20F3NO2/c1-10(19)8-11-2-3-14(13(9-11)15(16,17)18)21-12-4-6-20-7-5-12/h2-3,9-10,12H,4-8,19H2,1H3. The lowest BCUT2D eigenvalue weighted by molar-refractivity contribution is -0.139. The fourth-order valence-electron chi connectivity index (χ4n) is 2.37. The molecular weight excluding hydrogens is 283 g/mol. The number of rotatable bonds is 4. The van der Waals surface area contributed by atoms with E-state index in [1.54, 1.807) is 13.0 Å². The molecule has 1 fully saturated rings. The Kier molecular flexibility index (Phi) is 5.11. The molecule has 0 amide bonds. The third kappa shape index (κ3) is 4.61. The minimum atomic E-state index is -4.44. The third-order valence-electron chi connectivity index (χ3n) is 3.37. The molecule has 3 nitrogen and oxygen atoms in total. The molecule has 0 aliphatic carbocycles. The molecule has 1 aliphatic heterocycles. The maximum absolute atomic E-state index is 13.2. The number of halogens is 3. The highest BCUT2D eigenvalue weighted by molar-refractivity contribution is 5.39. The predicted molar refractivity (Wildman–Crippen MR) is 73.3 cm³/mol. The van der Waals surface area contributed by atoms with E-state index in [1.165, 1.54) is 6.07 Å². The highest BCUT2D eigenvalue weighted by Gasteiger charge is 2.35. The molecular formula is C15H20F3NO2. The minimum absolute atomic E-state index is 0.108. The van der Waals surface area contributed by atoms with E-state index in [4.69, 9.17) is 15.2 Å². The Bertz CT molecular complexity index is 468. The van der Waals surface area contributed by atoms with Gasteiger partial charge in [-0.05, 0) is 31.0 Å². The second-order valence-corrected chi connectivity index (χ2v) is 5.44. The molecule has 1 heterocycles. The number of hydrogen-bond acceptors (Lipinski definition) is 3. The van der Waals surface area contributed by atoms with Crippen molar-refractivity contribution >= 4 is 0 Å². The van der Waals surface area contributed by atoms with Crippen LogP contribution in [0.5, 0.6) is 5.75 Å². The van der Waals surface area contributed by atoms with Gasteiger partial charge in [0.05, 0.1) is 18.8 Å². The molecule has 6 heteroatoms. The second-order valence-electron chi connectivity index (χ2n) is 5.44. The molecule has 1 atom stereocenters. The molecule has 21 heavy (non-hydrogen) atoms. The minimum Gasteiger partial charge on any atom is -0.490 e. The van der Waals surface area contributed by atoms with Crippen LogP contribution in [0.2, 0.25) is 0 Å². The molecule has 1 aliphatic rings. The first kappa shape index (κ1) is 16.1. The lowest BCUT2D eigenvalue weighted by Crippen LogP contribution is -2.27. The Morgan fingerprint density at radius 3 is 2.57 bits per heavy atom. The van der Waals surface area contributed by atoms with Gasteiger partial charge in [0.2, 0.25) is 0 Å². The van der Waals surface area contributed by atoms with Crippen LogP contribution >= 0.6 is 0 Å². The summed E-state index contributed by atoms with van der Waals surface area (Å²) in [6, 6.07) is 4.00. The summed E-state index contributed by atoms with van der Waals surface area (Å²) in [4.78, 5) is 0. The van der Waals surface area contributed by atoms with E-state index in [0.29, 0.717) is 38.0 Å². The van der Waals surface area contributed by atoms with Crippen LogP contribution < -0.4 is 10.5 Å². The van der Waals surface area contributed by atoms with E-state index in [-0.39, 0.29) is 17.9 Å². The summed E-state index contributed by atoms with van der Waals surface area (Å²) in [7, 11) is 0. The molecule has 118 valence electrons. The third-order valence-corrected chi connectivity index (χ3v) is 3.37. The zero-order valence-electron chi connectivity index (χ0n) is 12.0. The summed E-state index contributed by atoms with van der Waals surface area (Å²) in [6.07, 6.45) is -3.04. The number of alkyl halides is 3. The van der Waals surface area contributed by atoms with Crippen molar-refractivity contribution in [2.45, 2.75) is 44.5 Å². The van der Waals surface area contributed by atoms with Gasteiger partial charge in [0.15, 0.2) is 0 Å². The van der Waals surface area contributed by atoms with Gasteiger partial charge in [0.25, 0.3) is 0 Å². The van der Waals surface area contributed by atoms with E-state index in [0.717, 1.165) is 6.07 Å². The van der Waals surface area contributed by atoms with Crippen LogP contribution in [0.15, 0.2) is 18.2 Å². The Balaban J connectivity index is 2.22. The first-order valence-electron chi connectivity index (χ1n) is 7.06. The molecule has 2 rings (SSSR count). The highest BCUT2D eigenvalue weighted by Crippen LogP contribution is 2.38. The van der Waals surface area contributed by atoms with Gasteiger partial charge in [-0.3, -0.25) is 0 Å². The Morgan fingerprint density at radius 1 is 1.33 bits per heavy atom. The van der Waals surface area contributed by atoms with Crippen LogP contribution in [0.1, 0.15) is 30.9 Å². The van der Waals surface area contributed by atoms with Crippen molar-refractivity contribution < 1.29 is 22.6 Å². The number of hydrogen-bond donors (Lipinski definition) is 1. The second kappa shape index (κ2) is 6.66. The summed E-state index contributed by atoms with van der Waals surface area (Å²) >= 11 is 0. The maximum Gasteiger partial charge on any atom is 0.419 e. The smallest absolute Gasteiger partial charge is 0.419 e. The van der Waals surface area contributed by atoms with Crippen molar-refractivity contribution in [3.05, 3.63) is 29.3 Å². The lowest BCUT2D eigenvalue weighted by Gasteiger charge is -2.25. The van der Waals surface area contributed by atoms with Gasteiger partial charge in [-0.25, -0.2) is 0 Å². The highest BCUT2D eigenvalue weighted by atomic mass is 19.4. The van der Waals surface area contributed by atoms with Crippen LogP contribution in [0.3, 0.4) is 0 Å². The average Bonchev–Trinajstić information content (AvgIpc) is 2.40. The monoisotopic (exact) mass is 303 g/mol. The molecule has 1 aromatic rings. The molecule has 0 saturated carbocycles. The quantitative estimate of drug-likeness (QED) is 0.929. The molecule has 1 aromatic carbocycles. The molecule has 0 aromatic heterocycles. The van der Waals surface area contributed by atoms with Crippen LogP contribution in [-0.2, 0) is 17.3 Å². The Hall–Kier alpha value is -1.27. The SMILES string of the molecule is CC(N)Cc1ccc(OC2CCOCC2)c(C(F)(F)F)c1. The van der Waals surface area contributed by atoms with Crippen molar-refractivity contribution in [3.8, 4) is 5.75 Å². The normalized spacial score (nSPS) is 18.5. The van der Waals surface area contributed by atoms with E-state index in [1.807, 2.05) is 0 Å². The largest absolute Gasteiger partial charge is 0.490 e. The summed E-state index contributed by atoms with van der Waals surface area (Å²) in [6.45, 7) is 2.81. The Labute approximate surface area is 122 Å². The summed E-state index contributed by atoms with van der Waals surface area (Å²) in [5.74, 6) is -0.108. The molecule has 0 spiro atoms. The van der Waals surface area contributed by atoms with E-state index in [9.17, 15) is 13.2 Å². The van der Waals surface area contributed by atoms with E-state index in [2.05, 4.69) is 0 Å². The number of benzene rings is 1. The molecule has 0 radical (unpaired) electrons. The molecule has 0 bridgehead atoms. The lowest BCUT2D eigenvalue weighted by atomic mass is 10.0. The summed E-state index contributed by atoms with van der Waals surface area (Å²) in [5.41, 5.74) is 5.48. The first-order valence-corrected chi connectivity index (χ1v) is 7.06. The van der Waals surface area contributed by atoms with Crippen molar-refractivity contribution in [1.82, 2.24) is 0 Å². The molecule has 1 unspecified atom stereocenters. The number of nitrogens with two attached hydrogens (primary N) is 1. The van der Waals surface area contributed by atoms with Crippen LogP contribution in [-0.4, -0.2) is 25.4 Å². The van der Waals surface area contributed by atoms with Gasteiger partial charge in [0.1, 0.15) is 11.9 Å². The summed E-state index contributed by atoms with van der Waals surface area (Å²) < 4.78 is 50.3. The van der Waals surface area contributed by atoms with Crippen molar-refractivity contribution in [1.29, 1.82) is 0 Å². The van der Waals surface area contributed by atoms with E-state index >= 15 is 0 Å². The van der Waals surface area contributed by atoms with Crippen molar-refractivity contribution in [2.75, 3.05) is 13.2 Å².